The highest BCUT2D eigenvalue weighted by molar-refractivity contribution is 5.48. The Hall–Kier alpha value is -1.35. The minimum Gasteiger partial charge on any atom is -0.497 e. The van der Waals surface area contributed by atoms with Crippen LogP contribution in [-0.4, -0.2) is 20.4 Å². The van der Waals surface area contributed by atoms with Crippen molar-refractivity contribution in [3.63, 3.8) is 0 Å². The van der Waals surface area contributed by atoms with E-state index in [2.05, 4.69) is 24.4 Å². The van der Waals surface area contributed by atoms with Gasteiger partial charge in [-0.2, -0.15) is 0 Å². The molecule has 0 heterocycles. The number of hydrogen-bond donors (Lipinski definition) is 1. The zero-order valence-electron chi connectivity index (χ0n) is 16.6. The SMILES string of the molecule is CC.CC.CCC=O.CCCCC(NC)c1cccc(OC)c1. The first-order chi connectivity index (χ1) is 11.2. The normalized spacial score (nSPS) is 9.74. The van der Waals surface area contributed by atoms with E-state index in [1.54, 1.807) is 7.11 Å². The van der Waals surface area contributed by atoms with E-state index in [4.69, 9.17) is 4.74 Å². The quantitative estimate of drug-likeness (QED) is 0.644. The van der Waals surface area contributed by atoms with Gasteiger partial charge in [0.25, 0.3) is 0 Å². The van der Waals surface area contributed by atoms with Crippen molar-refractivity contribution in [3.8, 4) is 5.75 Å². The summed E-state index contributed by atoms with van der Waals surface area (Å²) in [6.07, 6.45) is 5.19. The van der Waals surface area contributed by atoms with E-state index in [-0.39, 0.29) is 0 Å². The topological polar surface area (TPSA) is 38.3 Å². The third-order valence-corrected chi connectivity index (χ3v) is 2.86. The van der Waals surface area contributed by atoms with Gasteiger partial charge in [0, 0.05) is 12.5 Å². The Morgan fingerprint density at radius 2 is 1.74 bits per heavy atom. The lowest BCUT2D eigenvalue weighted by atomic mass is 10.0. The van der Waals surface area contributed by atoms with Crippen LogP contribution in [0.5, 0.6) is 5.75 Å². The highest BCUT2D eigenvalue weighted by Crippen LogP contribution is 2.22. The first-order valence-electron chi connectivity index (χ1n) is 8.98. The van der Waals surface area contributed by atoms with Crippen LogP contribution >= 0.6 is 0 Å². The van der Waals surface area contributed by atoms with Gasteiger partial charge in [-0.3, -0.25) is 0 Å². The zero-order chi connectivity index (χ0) is 18.5. The molecule has 0 radical (unpaired) electrons. The maximum absolute atomic E-state index is 9.17. The van der Waals surface area contributed by atoms with Gasteiger partial charge in [-0.15, -0.1) is 0 Å². The monoisotopic (exact) mass is 325 g/mol. The van der Waals surface area contributed by atoms with Crippen LogP contribution in [0.1, 0.15) is 78.8 Å². The van der Waals surface area contributed by atoms with Crippen molar-refractivity contribution < 1.29 is 9.53 Å². The summed E-state index contributed by atoms with van der Waals surface area (Å²) in [4.78, 5) is 9.17. The van der Waals surface area contributed by atoms with Crippen LogP contribution < -0.4 is 10.1 Å². The van der Waals surface area contributed by atoms with E-state index < -0.39 is 0 Å². The molecule has 0 amide bonds. The minimum absolute atomic E-state index is 0.444. The first-order valence-corrected chi connectivity index (χ1v) is 8.98. The van der Waals surface area contributed by atoms with E-state index in [0.717, 1.165) is 12.0 Å². The molecule has 0 saturated heterocycles. The van der Waals surface area contributed by atoms with Gasteiger partial charge in [0.1, 0.15) is 12.0 Å². The van der Waals surface area contributed by atoms with Gasteiger partial charge in [-0.05, 0) is 31.2 Å². The van der Waals surface area contributed by atoms with Crippen molar-refractivity contribution in [1.82, 2.24) is 5.32 Å². The smallest absolute Gasteiger partial charge is 0.119 e. The Kier molecular flexibility index (Phi) is 26.5. The lowest BCUT2D eigenvalue weighted by Crippen LogP contribution is -2.16. The third-order valence-electron chi connectivity index (χ3n) is 2.86. The van der Waals surface area contributed by atoms with Crippen LogP contribution in [0.4, 0.5) is 0 Å². The molecule has 0 saturated carbocycles. The molecule has 1 atom stereocenters. The molecule has 0 fully saturated rings. The number of rotatable bonds is 7. The second kappa shape index (κ2) is 22.9. The fraction of sp³-hybridized carbons (Fsp3) is 0.650. The Morgan fingerprint density at radius 3 is 2.13 bits per heavy atom. The number of aldehydes is 1. The summed E-state index contributed by atoms with van der Waals surface area (Å²) >= 11 is 0. The van der Waals surface area contributed by atoms with Crippen molar-refractivity contribution >= 4 is 6.29 Å². The van der Waals surface area contributed by atoms with Gasteiger partial charge in [0.15, 0.2) is 0 Å². The summed E-state index contributed by atoms with van der Waals surface area (Å²) in [7, 11) is 3.72. The van der Waals surface area contributed by atoms with E-state index >= 15 is 0 Å². The fourth-order valence-electron chi connectivity index (χ4n) is 1.74. The molecule has 0 bridgehead atoms. The summed E-state index contributed by atoms with van der Waals surface area (Å²) in [5, 5.41) is 3.35. The van der Waals surface area contributed by atoms with Crippen molar-refractivity contribution in [2.24, 2.45) is 0 Å². The summed E-state index contributed by atoms with van der Waals surface area (Å²) in [5.41, 5.74) is 1.31. The van der Waals surface area contributed by atoms with E-state index in [1.807, 2.05) is 53.8 Å². The molecule has 1 unspecified atom stereocenters. The maximum Gasteiger partial charge on any atom is 0.119 e. The number of carbonyl (C=O) groups excluding carboxylic acids is 1. The van der Waals surface area contributed by atoms with Gasteiger partial charge >= 0.3 is 0 Å². The molecule has 3 nitrogen and oxygen atoms in total. The first kappa shape index (κ1) is 26.5. The molecule has 0 aliphatic carbocycles. The molecule has 3 heteroatoms. The van der Waals surface area contributed by atoms with Crippen molar-refractivity contribution in [1.29, 1.82) is 0 Å². The van der Waals surface area contributed by atoms with E-state index in [0.29, 0.717) is 12.5 Å². The van der Waals surface area contributed by atoms with Gasteiger partial charge in [-0.1, -0.05) is 66.5 Å². The number of hydrogen-bond acceptors (Lipinski definition) is 3. The molecule has 1 rings (SSSR count). The Morgan fingerprint density at radius 1 is 1.17 bits per heavy atom. The lowest BCUT2D eigenvalue weighted by Gasteiger charge is -2.16. The Bertz CT molecular complexity index is 340. The van der Waals surface area contributed by atoms with Crippen molar-refractivity contribution in [2.75, 3.05) is 14.2 Å². The largest absolute Gasteiger partial charge is 0.497 e. The molecule has 0 aliphatic rings. The van der Waals surface area contributed by atoms with Crippen LogP contribution in [0.25, 0.3) is 0 Å². The molecule has 23 heavy (non-hydrogen) atoms. The third kappa shape index (κ3) is 15.3. The number of nitrogens with one attached hydrogen (secondary N) is 1. The lowest BCUT2D eigenvalue weighted by molar-refractivity contribution is -0.107. The summed E-state index contributed by atoms with van der Waals surface area (Å²) in [5.74, 6) is 0.934. The highest BCUT2D eigenvalue weighted by Gasteiger charge is 2.08. The molecule has 0 aromatic heterocycles. The van der Waals surface area contributed by atoms with Gasteiger partial charge in [-0.25, -0.2) is 0 Å². The molecule has 1 aromatic rings. The highest BCUT2D eigenvalue weighted by atomic mass is 16.5. The average Bonchev–Trinajstić information content (AvgIpc) is 2.66. The van der Waals surface area contributed by atoms with Crippen LogP contribution in [0.2, 0.25) is 0 Å². The number of ether oxygens (including phenoxy) is 1. The molecule has 1 aromatic carbocycles. The van der Waals surface area contributed by atoms with Crippen LogP contribution in [-0.2, 0) is 4.79 Å². The maximum atomic E-state index is 9.17. The van der Waals surface area contributed by atoms with Gasteiger partial charge in [0.05, 0.1) is 7.11 Å². The fourth-order valence-corrected chi connectivity index (χ4v) is 1.74. The van der Waals surface area contributed by atoms with Gasteiger partial charge < -0.3 is 14.8 Å². The zero-order valence-corrected chi connectivity index (χ0v) is 16.6. The molecule has 0 spiro atoms. The van der Waals surface area contributed by atoms with Crippen molar-refractivity contribution in [2.45, 2.75) is 73.3 Å². The average molecular weight is 326 g/mol. The number of unbranched alkanes of at least 4 members (excludes halogenated alkanes) is 1. The summed E-state index contributed by atoms with van der Waals surface area (Å²) in [6.45, 7) is 12.0. The number of carbonyl (C=O) groups is 1. The number of benzene rings is 1. The van der Waals surface area contributed by atoms with Crippen molar-refractivity contribution in [3.05, 3.63) is 29.8 Å². The Balaban J connectivity index is -0.000000426. The second-order valence-electron chi connectivity index (χ2n) is 4.34. The number of methoxy groups -OCH3 is 1. The predicted octanol–water partition coefficient (Wildman–Crippen LogP) is 5.79. The predicted molar refractivity (Wildman–Crippen MR) is 103 cm³/mol. The summed E-state index contributed by atoms with van der Waals surface area (Å²) in [6, 6.07) is 8.73. The molecule has 0 aliphatic heterocycles. The van der Waals surface area contributed by atoms with Crippen LogP contribution in [0.3, 0.4) is 0 Å². The van der Waals surface area contributed by atoms with E-state index in [1.165, 1.54) is 24.8 Å². The molecular weight excluding hydrogens is 286 g/mol. The second-order valence-corrected chi connectivity index (χ2v) is 4.34. The molecular formula is C20H39NO2. The van der Waals surface area contributed by atoms with Crippen LogP contribution in [0, 0.1) is 0 Å². The van der Waals surface area contributed by atoms with E-state index in [9.17, 15) is 4.79 Å². The minimum atomic E-state index is 0.444. The van der Waals surface area contributed by atoms with Crippen LogP contribution in [0.15, 0.2) is 24.3 Å². The molecule has 1 N–H and O–H groups in total. The molecule has 136 valence electrons. The standard InChI is InChI=1S/C13H21NO.C3H6O.2C2H6/c1-4-5-9-13(14-2)11-7-6-8-12(10-11)15-3;1-2-3-4;2*1-2/h6-8,10,13-14H,4-5,9H2,1-3H3;3H,2H2,1H3;2*1-2H3. The van der Waals surface area contributed by atoms with Gasteiger partial charge in [0.2, 0.25) is 0 Å². The summed E-state index contributed by atoms with van der Waals surface area (Å²) < 4.78 is 5.23. The Labute approximate surface area is 144 Å².